The molecule has 0 saturated carbocycles. The quantitative estimate of drug-likeness (QED) is 0.184. The molecule has 0 aliphatic carbocycles. The Morgan fingerprint density at radius 3 is 2.47 bits per heavy atom. The van der Waals surface area contributed by atoms with Gasteiger partial charge < -0.3 is 31.8 Å². The van der Waals surface area contributed by atoms with E-state index in [1.165, 1.54) is 0 Å². The number of carbonyl (C=O) groups is 2. The van der Waals surface area contributed by atoms with Crippen LogP contribution in [0.2, 0.25) is 19.1 Å². The summed E-state index contributed by atoms with van der Waals surface area (Å²) >= 11 is 0. The lowest BCUT2D eigenvalue weighted by Crippen LogP contribution is -2.33. The highest BCUT2D eigenvalue weighted by Gasteiger charge is 2.16. The van der Waals surface area contributed by atoms with E-state index in [9.17, 15) is 14.4 Å². The molecule has 192 valence electrons. The van der Waals surface area contributed by atoms with Gasteiger partial charge in [-0.1, -0.05) is 0 Å². The number of amides is 2. The summed E-state index contributed by atoms with van der Waals surface area (Å²) in [6.45, 7) is 5.00. The molecule has 0 aliphatic rings. The summed E-state index contributed by atoms with van der Waals surface area (Å²) in [5.41, 5.74) is 14.3. The maximum Gasteiger partial charge on any atom is 0.251 e. The van der Waals surface area contributed by atoms with Gasteiger partial charge in [-0.3, -0.25) is 9.59 Å². The molecule has 3 aromatic rings. The van der Waals surface area contributed by atoms with E-state index < -0.39 is 8.32 Å². The maximum atomic E-state index is 12.4. The van der Waals surface area contributed by atoms with Gasteiger partial charge in [0.05, 0.1) is 18.4 Å². The first kappa shape index (κ1) is 26.8. The van der Waals surface area contributed by atoms with E-state index in [2.05, 4.69) is 30.6 Å². The van der Waals surface area contributed by atoms with E-state index >= 15 is 0 Å². The summed E-state index contributed by atoms with van der Waals surface area (Å²) in [6.07, 6.45) is 2.47. The zero-order chi connectivity index (χ0) is 26.3. The van der Waals surface area contributed by atoms with Gasteiger partial charge in [-0.25, -0.2) is 9.97 Å². The van der Waals surface area contributed by atoms with Crippen molar-refractivity contribution in [3.8, 4) is 0 Å². The number of nitrogens with two attached hydrogens (primary N) is 2. The number of nitrogens with one attached hydrogen (secondary N) is 2. The summed E-state index contributed by atoms with van der Waals surface area (Å²) in [7, 11) is -0.252. The van der Waals surface area contributed by atoms with E-state index in [1.807, 2.05) is 37.2 Å². The van der Waals surface area contributed by atoms with E-state index in [-0.39, 0.29) is 23.6 Å². The second-order valence-electron chi connectivity index (χ2n) is 9.18. The Bertz CT molecular complexity index is 1220. The van der Waals surface area contributed by atoms with Crippen LogP contribution in [0.25, 0.3) is 11.2 Å². The lowest BCUT2D eigenvalue weighted by atomic mass is 10.1. The number of hydrogen-bond acceptors (Lipinski definition) is 10. The maximum absolute atomic E-state index is 12.4. The van der Waals surface area contributed by atoms with Crippen LogP contribution in [0, 0.1) is 0 Å². The Morgan fingerprint density at radius 1 is 1.06 bits per heavy atom. The standard InChI is InChI=1S/C23H33N9O3Si/c1-32(14-16-13-28-21-19(29-16)20(24)30-23(25)31-21)17-8-6-15(7-9-17)22(34)27-10-4-5-18(33)26-11-12-36(2,3)35/h6-9,13,35H,4-5,10-12,14H2,1-3H3,(H,26,33)(H,27,34)(H4,24,25,28,30,31). The van der Waals surface area contributed by atoms with Crippen molar-refractivity contribution in [2.45, 2.75) is 38.5 Å². The molecule has 2 heterocycles. The fourth-order valence-corrected chi connectivity index (χ4v) is 4.15. The molecule has 0 radical (unpaired) electrons. The van der Waals surface area contributed by atoms with Gasteiger partial charge in [0.1, 0.15) is 0 Å². The third-order valence-corrected chi connectivity index (χ3v) is 6.87. The molecule has 0 saturated heterocycles. The van der Waals surface area contributed by atoms with Gasteiger partial charge in [0.15, 0.2) is 25.3 Å². The molecule has 12 nitrogen and oxygen atoms in total. The first-order valence-corrected chi connectivity index (χ1v) is 14.8. The van der Waals surface area contributed by atoms with Gasteiger partial charge in [0.2, 0.25) is 11.9 Å². The molecular weight excluding hydrogens is 478 g/mol. The molecule has 3 rings (SSSR count). The summed E-state index contributed by atoms with van der Waals surface area (Å²) in [5, 5.41) is 5.63. The third-order valence-electron chi connectivity index (χ3n) is 5.40. The van der Waals surface area contributed by atoms with E-state index in [4.69, 9.17) is 11.5 Å². The fraction of sp³-hybridized carbons (Fsp3) is 0.391. The molecule has 0 fully saturated rings. The second-order valence-corrected chi connectivity index (χ2v) is 13.3. The molecule has 2 aromatic heterocycles. The van der Waals surface area contributed by atoms with Crippen LogP contribution in [0.15, 0.2) is 30.5 Å². The van der Waals surface area contributed by atoms with Crippen LogP contribution in [-0.2, 0) is 11.3 Å². The van der Waals surface area contributed by atoms with Crippen molar-refractivity contribution in [2.75, 3.05) is 36.5 Å². The number of anilines is 3. The second kappa shape index (κ2) is 11.7. The summed E-state index contributed by atoms with van der Waals surface area (Å²) in [5.74, 6) is -0.0515. The normalized spacial score (nSPS) is 11.3. The SMILES string of the molecule is CN(Cc1cnc2nc(N)nc(N)c2n1)c1ccc(C(=O)NCCCC(=O)NCC[Si](C)(C)O)cc1. The van der Waals surface area contributed by atoms with Crippen LogP contribution in [0.4, 0.5) is 17.5 Å². The lowest BCUT2D eigenvalue weighted by molar-refractivity contribution is -0.121. The van der Waals surface area contributed by atoms with Crippen molar-refractivity contribution >= 4 is 48.7 Å². The first-order chi connectivity index (χ1) is 17.0. The van der Waals surface area contributed by atoms with Gasteiger partial charge in [-0.05, 0) is 49.8 Å². The molecule has 0 atom stereocenters. The molecule has 36 heavy (non-hydrogen) atoms. The van der Waals surface area contributed by atoms with Crippen LogP contribution in [0.5, 0.6) is 0 Å². The van der Waals surface area contributed by atoms with Gasteiger partial charge in [-0.2, -0.15) is 9.97 Å². The van der Waals surface area contributed by atoms with Crippen molar-refractivity contribution in [1.29, 1.82) is 0 Å². The van der Waals surface area contributed by atoms with E-state index in [0.29, 0.717) is 60.9 Å². The molecule has 2 amide bonds. The van der Waals surface area contributed by atoms with E-state index in [1.54, 1.807) is 18.3 Å². The molecule has 0 unspecified atom stereocenters. The Morgan fingerprint density at radius 2 is 1.78 bits per heavy atom. The zero-order valence-corrected chi connectivity index (χ0v) is 21.8. The minimum atomic E-state index is -2.15. The average Bonchev–Trinajstić information content (AvgIpc) is 2.81. The fourth-order valence-electron chi connectivity index (χ4n) is 3.41. The van der Waals surface area contributed by atoms with Gasteiger partial charge >= 0.3 is 0 Å². The Kier molecular flexibility index (Phi) is 8.72. The average molecular weight is 512 g/mol. The van der Waals surface area contributed by atoms with Crippen LogP contribution in [0.3, 0.4) is 0 Å². The van der Waals surface area contributed by atoms with Gasteiger partial charge in [0.25, 0.3) is 5.91 Å². The number of aromatic nitrogens is 4. The highest BCUT2D eigenvalue weighted by Crippen LogP contribution is 2.18. The number of carbonyl (C=O) groups excluding carboxylic acids is 2. The molecular formula is C23H33N9O3Si. The molecule has 1 aromatic carbocycles. The molecule has 13 heteroatoms. The summed E-state index contributed by atoms with van der Waals surface area (Å²) in [4.78, 5) is 52.8. The van der Waals surface area contributed by atoms with Crippen LogP contribution in [0.1, 0.15) is 28.9 Å². The number of nitrogens with zero attached hydrogens (tertiary/aromatic N) is 5. The molecule has 0 aliphatic heterocycles. The van der Waals surface area contributed by atoms with Gasteiger partial charge in [0, 0.05) is 37.8 Å². The zero-order valence-electron chi connectivity index (χ0n) is 20.8. The number of nitrogen functional groups attached to an aromatic ring is 2. The van der Waals surface area contributed by atoms with Crippen LogP contribution >= 0.6 is 0 Å². The Hall–Kier alpha value is -3.84. The van der Waals surface area contributed by atoms with Crippen LogP contribution < -0.4 is 27.0 Å². The van der Waals surface area contributed by atoms with Crippen molar-refractivity contribution in [3.05, 3.63) is 41.7 Å². The predicted octanol–water partition coefficient (Wildman–Crippen LogP) is 1.04. The molecule has 0 spiro atoms. The number of hydrogen-bond donors (Lipinski definition) is 5. The minimum Gasteiger partial charge on any atom is -0.432 e. The molecule has 7 N–H and O–H groups in total. The number of rotatable bonds is 11. The van der Waals surface area contributed by atoms with Crippen molar-refractivity contribution in [3.63, 3.8) is 0 Å². The number of benzene rings is 1. The smallest absolute Gasteiger partial charge is 0.251 e. The predicted molar refractivity (Wildman–Crippen MR) is 142 cm³/mol. The van der Waals surface area contributed by atoms with Crippen LogP contribution in [-0.4, -0.2) is 65.0 Å². The Balaban J connectivity index is 1.46. The first-order valence-electron chi connectivity index (χ1n) is 11.6. The largest absolute Gasteiger partial charge is 0.432 e. The Labute approximate surface area is 210 Å². The van der Waals surface area contributed by atoms with E-state index in [0.717, 1.165) is 5.69 Å². The highest BCUT2D eigenvalue weighted by atomic mass is 28.4. The summed E-state index contributed by atoms with van der Waals surface area (Å²) in [6, 6.07) is 7.81. The van der Waals surface area contributed by atoms with Crippen molar-refractivity contribution in [2.24, 2.45) is 0 Å². The monoisotopic (exact) mass is 511 g/mol. The van der Waals surface area contributed by atoms with Gasteiger partial charge in [-0.15, -0.1) is 0 Å². The van der Waals surface area contributed by atoms with Crippen molar-refractivity contribution in [1.82, 2.24) is 30.6 Å². The highest BCUT2D eigenvalue weighted by molar-refractivity contribution is 6.69. The summed E-state index contributed by atoms with van der Waals surface area (Å²) < 4.78 is 0. The lowest BCUT2D eigenvalue weighted by Gasteiger charge is -2.19. The van der Waals surface area contributed by atoms with Crippen molar-refractivity contribution < 1.29 is 14.4 Å². The molecule has 0 bridgehead atoms. The minimum absolute atomic E-state index is 0.0495. The third kappa shape index (κ3) is 7.85. The topological polar surface area (TPSA) is 185 Å². The number of fused-ring (bicyclic) bond motifs is 1.